The van der Waals surface area contributed by atoms with E-state index in [1.165, 1.54) is 41.8 Å². The van der Waals surface area contributed by atoms with Crippen molar-refractivity contribution in [3.8, 4) is 11.7 Å². The summed E-state index contributed by atoms with van der Waals surface area (Å²) in [5.41, 5.74) is 0.809. The summed E-state index contributed by atoms with van der Waals surface area (Å²) in [7, 11) is 2.88. The van der Waals surface area contributed by atoms with Gasteiger partial charge in [-0.3, -0.25) is 9.59 Å². The number of carbonyl (C=O) groups is 2. The summed E-state index contributed by atoms with van der Waals surface area (Å²) in [6.45, 7) is 0. The number of amides is 2. The molecule has 2 N–H and O–H groups in total. The maximum absolute atomic E-state index is 13.2. The molecular formula is C19H15Cl2N7O3. The zero-order valence-corrected chi connectivity index (χ0v) is 17.8. The van der Waals surface area contributed by atoms with Gasteiger partial charge in [0.05, 0.1) is 34.6 Å². The lowest BCUT2D eigenvalue weighted by Gasteiger charge is -2.14. The summed E-state index contributed by atoms with van der Waals surface area (Å²) < 4.78 is 7.79. The minimum atomic E-state index is -0.615. The molecule has 0 spiro atoms. The zero-order chi connectivity index (χ0) is 22.1. The Hall–Kier alpha value is -3.63. The molecule has 0 aliphatic heterocycles. The van der Waals surface area contributed by atoms with Crippen molar-refractivity contribution in [1.82, 2.24) is 29.7 Å². The quantitative estimate of drug-likeness (QED) is 0.473. The van der Waals surface area contributed by atoms with Crippen LogP contribution >= 0.6 is 23.2 Å². The van der Waals surface area contributed by atoms with Crippen LogP contribution in [0.15, 0.2) is 42.7 Å². The van der Waals surface area contributed by atoms with Gasteiger partial charge in [-0.25, -0.2) is 14.2 Å². The van der Waals surface area contributed by atoms with Crippen molar-refractivity contribution in [2.24, 2.45) is 0 Å². The van der Waals surface area contributed by atoms with Crippen LogP contribution in [0, 0.1) is 0 Å². The summed E-state index contributed by atoms with van der Waals surface area (Å²) in [5, 5.41) is 14.0. The molecule has 0 saturated heterocycles. The van der Waals surface area contributed by atoms with Crippen LogP contribution < -0.4 is 15.4 Å². The predicted molar refractivity (Wildman–Crippen MR) is 114 cm³/mol. The van der Waals surface area contributed by atoms with E-state index in [1.54, 1.807) is 24.3 Å². The Labute approximate surface area is 185 Å². The highest BCUT2D eigenvalue weighted by molar-refractivity contribution is 6.35. The number of nitrogens with zero attached hydrogens (tertiary/aromatic N) is 5. The number of nitrogens with one attached hydrogen (secondary N) is 2. The summed E-state index contributed by atoms with van der Waals surface area (Å²) in [5.74, 6) is -0.689. The smallest absolute Gasteiger partial charge is 0.274 e. The average Bonchev–Trinajstić information content (AvgIpc) is 3.40. The second kappa shape index (κ2) is 8.25. The van der Waals surface area contributed by atoms with E-state index in [2.05, 4.69) is 25.8 Å². The lowest BCUT2D eigenvalue weighted by molar-refractivity contribution is 0.0956. The molecule has 0 bridgehead atoms. The molecule has 0 fully saturated rings. The normalized spacial score (nSPS) is 10.8. The van der Waals surface area contributed by atoms with Crippen molar-refractivity contribution in [2.45, 2.75) is 0 Å². The summed E-state index contributed by atoms with van der Waals surface area (Å²) in [6, 6.07) is 7.96. The second-order valence-corrected chi connectivity index (χ2v) is 7.02. The Morgan fingerprint density at radius 2 is 1.90 bits per heavy atom. The number of hydrogen-bond acceptors (Lipinski definition) is 6. The number of rotatable bonds is 5. The number of ether oxygens (including phenoxy) is 1. The molecule has 158 valence electrons. The van der Waals surface area contributed by atoms with Gasteiger partial charge in [0, 0.05) is 19.3 Å². The molecule has 0 saturated carbocycles. The highest BCUT2D eigenvalue weighted by Crippen LogP contribution is 2.30. The van der Waals surface area contributed by atoms with E-state index in [4.69, 9.17) is 27.9 Å². The van der Waals surface area contributed by atoms with Gasteiger partial charge in [-0.1, -0.05) is 23.2 Å². The van der Waals surface area contributed by atoms with Crippen LogP contribution in [0.5, 0.6) is 5.88 Å². The zero-order valence-electron chi connectivity index (χ0n) is 16.3. The van der Waals surface area contributed by atoms with E-state index in [9.17, 15) is 9.59 Å². The Morgan fingerprint density at radius 1 is 1.10 bits per heavy atom. The van der Waals surface area contributed by atoms with E-state index >= 15 is 0 Å². The van der Waals surface area contributed by atoms with Crippen molar-refractivity contribution in [3.05, 3.63) is 64.2 Å². The molecule has 31 heavy (non-hydrogen) atoms. The number of fused-ring (bicyclic) bond motifs is 1. The number of halogens is 2. The highest BCUT2D eigenvalue weighted by atomic mass is 35.5. The molecule has 0 aliphatic rings. The van der Waals surface area contributed by atoms with E-state index in [0.717, 1.165) is 0 Å². The Kier molecular flexibility index (Phi) is 5.49. The molecule has 4 heterocycles. The van der Waals surface area contributed by atoms with Gasteiger partial charge < -0.3 is 15.4 Å². The molecule has 12 heteroatoms. The van der Waals surface area contributed by atoms with Crippen LogP contribution in [0.25, 0.3) is 11.3 Å². The van der Waals surface area contributed by atoms with Gasteiger partial charge >= 0.3 is 0 Å². The molecule has 4 rings (SSSR count). The number of hydrogen-bond donors (Lipinski definition) is 2. The van der Waals surface area contributed by atoms with Crippen LogP contribution in [-0.2, 0) is 0 Å². The highest BCUT2D eigenvalue weighted by Gasteiger charge is 2.25. The van der Waals surface area contributed by atoms with Gasteiger partial charge in [0.25, 0.3) is 11.8 Å². The van der Waals surface area contributed by atoms with Gasteiger partial charge in [0.2, 0.25) is 5.88 Å². The van der Waals surface area contributed by atoms with Crippen LogP contribution in [0.2, 0.25) is 10.0 Å². The fraction of sp³-hybridized carbons (Fsp3) is 0.105. The van der Waals surface area contributed by atoms with Crippen molar-refractivity contribution in [1.29, 1.82) is 0 Å². The fourth-order valence-electron chi connectivity index (χ4n) is 2.97. The second-order valence-electron chi connectivity index (χ2n) is 6.21. The molecule has 4 aromatic rings. The fourth-order valence-corrected chi connectivity index (χ4v) is 3.42. The predicted octanol–water partition coefficient (Wildman–Crippen LogP) is 2.84. The van der Waals surface area contributed by atoms with Crippen molar-refractivity contribution in [2.75, 3.05) is 19.5 Å². The van der Waals surface area contributed by atoms with Crippen LogP contribution in [-0.4, -0.2) is 50.4 Å². The molecule has 10 nitrogen and oxygen atoms in total. The van der Waals surface area contributed by atoms with Crippen LogP contribution in [0.1, 0.15) is 21.0 Å². The standard InChI is InChI=1S/C19H15Cl2N7O3/c1-22-19(30)16-15(12(21)8-10-5-7-24-27(10)16)25-18(29)13-9-14(31-2)26-28(13)17-11(20)4-3-6-23-17/h3-9H,1-2H3,(H,22,30)(H,25,29). The topological polar surface area (TPSA) is 115 Å². The molecule has 0 unspecified atom stereocenters. The first-order valence-corrected chi connectivity index (χ1v) is 9.64. The Balaban J connectivity index is 1.82. The first-order valence-electron chi connectivity index (χ1n) is 8.89. The lowest BCUT2D eigenvalue weighted by atomic mass is 10.2. The molecule has 4 aromatic heterocycles. The number of pyridine rings is 2. The first kappa shape index (κ1) is 20.6. The number of carbonyl (C=O) groups excluding carboxylic acids is 2. The number of aromatic nitrogens is 5. The van der Waals surface area contributed by atoms with Gasteiger partial charge in [-0.15, -0.1) is 5.10 Å². The number of methoxy groups -OCH3 is 1. The molecular weight excluding hydrogens is 445 g/mol. The van der Waals surface area contributed by atoms with Crippen molar-refractivity contribution >= 4 is 46.2 Å². The largest absolute Gasteiger partial charge is 0.480 e. The molecule has 0 atom stereocenters. The van der Waals surface area contributed by atoms with Gasteiger partial charge in [-0.05, 0) is 24.3 Å². The maximum atomic E-state index is 13.2. The van der Waals surface area contributed by atoms with Gasteiger partial charge in [-0.2, -0.15) is 5.10 Å². The molecule has 0 aromatic carbocycles. The van der Waals surface area contributed by atoms with Crippen LogP contribution in [0.3, 0.4) is 0 Å². The minimum Gasteiger partial charge on any atom is -0.480 e. The van der Waals surface area contributed by atoms with E-state index in [-0.39, 0.29) is 38.8 Å². The van der Waals surface area contributed by atoms with Gasteiger partial charge in [0.1, 0.15) is 5.69 Å². The summed E-state index contributed by atoms with van der Waals surface area (Å²) >= 11 is 12.6. The average molecular weight is 460 g/mol. The Bertz CT molecular complexity index is 1320. The van der Waals surface area contributed by atoms with E-state index < -0.39 is 11.8 Å². The first-order chi connectivity index (χ1) is 14.9. The summed E-state index contributed by atoms with van der Waals surface area (Å²) in [6.07, 6.45) is 3.04. The van der Waals surface area contributed by atoms with Gasteiger partial charge in [0.15, 0.2) is 11.5 Å². The van der Waals surface area contributed by atoms with Crippen molar-refractivity contribution < 1.29 is 14.3 Å². The SMILES string of the molecule is CNC(=O)c1c(NC(=O)c2cc(OC)nn2-c2ncccc2Cl)c(Cl)cc2ccnn12. The minimum absolute atomic E-state index is 0.0666. The monoisotopic (exact) mass is 459 g/mol. The molecule has 2 amide bonds. The third kappa shape index (κ3) is 3.66. The third-order valence-corrected chi connectivity index (χ3v) is 4.98. The van der Waals surface area contributed by atoms with E-state index in [0.29, 0.717) is 5.52 Å². The lowest BCUT2D eigenvalue weighted by Crippen LogP contribution is -2.26. The maximum Gasteiger partial charge on any atom is 0.274 e. The van der Waals surface area contributed by atoms with Crippen LogP contribution in [0.4, 0.5) is 5.69 Å². The molecule has 0 aliphatic carbocycles. The summed E-state index contributed by atoms with van der Waals surface area (Å²) in [4.78, 5) is 30.0. The molecule has 0 radical (unpaired) electrons. The Morgan fingerprint density at radius 3 is 2.61 bits per heavy atom. The van der Waals surface area contributed by atoms with E-state index in [1.807, 2.05) is 0 Å². The number of anilines is 1. The van der Waals surface area contributed by atoms with Crippen molar-refractivity contribution in [3.63, 3.8) is 0 Å². The third-order valence-electron chi connectivity index (χ3n) is 4.38.